The summed E-state index contributed by atoms with van der Waals surface area (Å²) in [6.07, 6.45) is 3.13. The number of hydrogen-bond donors (Lipinski definition) is 1. The maximum absolute atomic E-state index is 11.3. The van der Waals surface area contributed by atoms with E-state index in [2.05, 4.69) is 15.3 Å². The van der Waals surface area contributed by atoms with Gasteiger partial charge in [0.25, 0.3) is 0 Å². The molecule has 6 heteroatoms. The van der Waals surface area contributed by atoms with Crippen molar-refractivity contribution in [1.29, 1.82) is 0 Å². The molecule has 6 nitrogen and oxygen atoms in total. The Morgan fingerprint density at radius 3 is 2.70 bits per heavy atom. The summed E-state index contributed by atoms with van der Waals surface area (Å²) < 4.78 is 9.57. The number of carbonyl (C=O) groups is 2. The van der Waals surface area contributed by atoms with Gasteiger partial charge in [0, 0.05) is 12.3 Å². The molecule has 0 atom stereocenters. The zero-order chi connectivity index (χ0) is 14.6. The first-order valence-electron chi connectivity index (χ1n) is 6.05. The minimum Gasteiger partial charge on any atom is -0.463 e. The summed E-state index contributed by atoms with van der Waals surface area (Å²) in [6, 6.07) is 9.28. The molecule has 20 heavy (non-hydrogen) atoms. The van der Waals surface area contributed by atoms with E-state index in [9.17, 15) is 9.59 Å². The van der Waals surface area contributed by atoms with E-state index in [-0.39, 0.29) is 6.61 Å². The first kappa shape index (κ1) is 15.4. The third kappa shape index (κ3) is 6.95. The van der Waals surface area contributed by atoms with Crippen LogP contribution in [0.4, 0.5) is 4.79 Å². The van der Waals surface area contributed by atoms with Gasteiger partial charge in [-0.1, -0.05) is 30.3 Å². The fourth-order valence-electron chi connectivity index (χ4n) is 1.20. The lowest BCUT2D eigenvalue weighted by molar-refractivity contribution is -0.137. The Bertz CT molecular complexity index is 483. The number of carbonyl (C=O) groups excluding carboxylic acids is 2. The largest absolute Gasteiger partial charge is 0.463 e. The van der Waals surface area contributed by atoms with Crippen molar-refractivity contribution >= 4 is 18.3 Å². The topological polar surface area (TPSA) is 77.0 Å². The Morgan fingerprint density at radius 2 is 2.00 bits per heavy atom. The van der Waals surface area contributed by atoms with E-state index >= 15 is 0 Å². The van der Waals surface area contributed by atoms with Crippen LogP contribution < -0.4 is 5.43 Å². The summed E-state index contributed by atoms with van der Waals surface area (Å²) in [5.41, 5.74) is 3.05. The molecular weight excluding hydrogens is 260 g/mol. The monoisotopic (exact) mass is 276 g/mol. The Morgan fingerprint density at radius 1 is 1.25 bits per heavy atom. The average Bonchev–Trinajstić information content (AvgIpc) is 2.46. The molecule has 0 spiro atoms. The second-order valence-corrected chi connectivity index (χ2v) is 3.56. The molecule has 0 saturated heterocycles. The molecule has 0 heterocycles. The molecule has 0 fully saturated rings. The van der Waals surface area contributed by atoms with E-state index in [1.807, 2.05) is 30.3 Å². The minimum absolute atomic E-state index is 0.168. The quantitative estimate of drug-likeness (QED) is 0.373. The molecule has 0 unspecified atom stereocenters. The second-order valence-electron chi connectivity index (χ2n) is 3.56. The number of hydrazone groups is 1. The van der Waals surface area contributed by atoms with Gasteiger partial charge in [0.15, 0.2) is 0 Å². The Labute approximate surface area is 117 Å². The number of ether oxygens (including phenoxy) is 2. The lowest BCUT2D eigenvalue weighted by atomic mass is 10.2. The third-order valence-corrected chi connectivity index (χ3v) is 2.05. The van der Waals surface area contributed by atoms with E-state index < -0.39 is 12.1 Å². The summed E-state index contributed by atoms with van der Waals surface area (Å²) in [7, 11) is 0. The van der Waals surface area contributed by atoms with Crippen molar-refractivity contribution in [2.24, 2.45) is 5.10 Å². The van der Waals surface area contributed by atoms with Crippen LogP contribution in [0.3, 0.4) is 0 Å². The smallest absolute Gasteiger partial charge is 0.428 e. The molecule has 1 aromatic carbocycles. The fourth-order valence-corrected chi connectivity index (χ4v) is 1.20. The first-order valence-corrected chi connectivity index (χ1v) is 6.05. The highest BCUT2D eigenvalue weighted by molar-refractivity contribution is 5.87. The normalized spacial score (nSPS) is 10.7. The number of allylic oxidation sites excluding steroid dienone is 1. The summed E-state index contributed by atoms with van der Waals surface area (Å²) in [5.74, 6) is -0.467. The van der Waals surface area contributed by atoms with E-state index in [0.29, 0.717) is 6.61 Å². The van der Waals surface area contributed by atoms with Gasteiger partial charge in [0.1, 0.15) is 6.61 Å². The van der Waals surface area contributed by atoms with Crippen molar-refractivity contribution in [3.8, 4) is 0 Å². The average molecular weight is 276 g/mol. The SMILES string of the molecule is CCOC(=O)/C=C/C=N/NC(=O)OCc1ccccc1. The van der Waals surface area contributed by atoms with Crippen LogP contribution >= 0.6 is 0 Å². The Hall–Kier alpha value is -2.63. The summed E-state index contributed by atoms with van der Waals surface area (Å²) >= 11 is 0. The van der Waals surface area contributed by atoms with Gasteiger partial charge in [0.05, 0.1) is 6.61 Å². The van der Waals surface area contributed by atoms with Gasteiger partial charge in [-0.3, -0.25) is 0 Å². The van der Waals surface area contributed by atoms with Crippen LogP contribution in [0, 0.1) is 0 Å². The van der Waals surface area contributed by atoms with E-state index in [4.69, 9.17) is 4.74 Å². The molecule has 0 aromatic heterocycles. The summed E-state index contributed by atoms with van der Waals surface area (Å²) in [4.78, 5) is 22.2. The van der Waals surface area contributed by atoms with Crippen molar-refractivity contribution in [3.63, 3.8) is 0 Å². The standard InChI is InChI=1S/C14H16N2O4/c1-2-19-13(17)9-6-10-15-16-14(18)20-11-12-7-4-3-5-8-12/h3-10H,2,11H2,1H3,(H,16,18)/b9-6+,15-10+. The summed E-state index contributed by atoms with van der Waals surface area (Å²) in [5, 5.41) is 3.57. The molecule has 0 saturated carbocycles. The van der Waals surface area contributed by atoms with Crippen LogP contribution in [0.15, 0.2) is 47.6 Å². The zero-order valence-electron chi connectivity index (χ0n) is 11.1. The number of benzene rings is 1. The first-order chi connectivity index (χ1) is 9.72. The number of nitrogens with one attached hydrogen (secondary N) is 1. The van der Waals surface area contributed by atoms with Crippen LogP contribution in [-0.4, -0.2) is 24.9 Å². The zero-order valence-corrected chi connectivity index (χ0v) is 11.1. The van der Waals surface area contributed by atoms with Crippen molar-refractivity contribution in [3.05, 3.63) is 48.0 Å². The van der Waals surface area contributed by atoms with Gasteiger partial charge in [-0.05, 0) is 18.6 Å². The van der Waals surface area contributed by atoms with Crippen LogP contribution in [0.25, 0.3) is 0 Å². The molecule has 0 aliphatic rings. The van der Waals surface area contributed by atoms with Crippen molar-refractivity contribution in [2.45, 2.75) is 13.5 Å². The Balaban J connectivity index is 2.21. The van der Waals surface area contributed by atoms with Gasteiger partial charge >= 0.3 is 12.1 Å². The number of amides is 1. The maximum Gasteiger partial charge on any atom is 0.428 e. The van der Waals surface area contributed by atoms with Crippen molar-refractivity contribution in [1.82, 2.24) is 5.43 Å². The van der Waals surface area contributed by atoms with Crippen molar-refractivity contribution < 1.29 is 19.1 Å². The number of rotatable bonds is 6. The van der Waals surface area contributed by atoms with Crippen molar-refractivity contribution in [2.75, 3.05) is 6.61 Å². The molecule has 0 aliphatic carbocycles. The van der Waals surface area contributed by atoms with E-state index in [0.717, 1.165) is 5.56 Å². The molecule has 1 amide bonds. The predicted octanol–water partition coefficient (Wildman–Crippen LogP) is 2.02. The Kier molecular flexibility index (Phi) is 7.19. The van der Waals surface area contributed by atoms with Crippen LogP contribution in [-0.2, 0) is 20.9 Å². The molecule has 0 radical (unpaired) electrons. The van der Waals surface area contributed by atoms with Gasteiger partial charge in [-0.25, -0.2) is 15.0 Å². The molecular formula is C14H16N2O4. The van der Waals surface area contributed by atoms with Gasteiger partial charge < -0.3 is 9.47 Å². The highest BCUT2D eigenvalue weighted by atomic mass is 16.6. The molecule has 1 aromatic rings. The van der Waals surface area contributed by atoms with Gasteiger partial charge in [-0.15, -0.1) is 0 Å². The molecule has 0 bridgehead atoms. The van der Waals surface area contributed by atoms with Crippen LogP contribution in [0.1, 0.15) is 12.5 Å². The van der Waals surface area contributed by atoms with E-state index in [1.54, 1.807) is 6.92 Å². The summed E-state index contributed by atoms with van der Waals surface area (Å²) in [6.45, 7) is 2.19. The number of esters is 1. The fraction of sp³-hybridized carbons (Fsp3) is 0.214. The third-order valence-electron chi connectivity index (χ3n) is 2.05. The lowest BCUT2D eigenvalue weighted by Crippen LogP contribution is -2.18. The predicted molar refractivity (Wildman–Crippen MR) is 74.0 cm³/mol. The number of nitrogens with zero attached hydrogens (tertiary/aromatic N) is 1. The van der Waals surface area contributed by atoms with Gasteiger partial charge in [0.2, 0.25) is 0 Å². The van der Waals surface area contributed by atoms with Gasteiger partial charge in [-0.2, -0.15) is 5.10 Å². The van der Waals surface area contributed by atoms with E-state index in [1.165, 1.54) is 18.4 Å². The minimum atomic E-state index is -0.672. The highest BCUT2D eigenvalue weighted by Gasteiger charge is 1.99. The van der Waals surface area contributed by atoms with Crippen LogP contribution in [0.5, 0.6) is 0 Å². The highest BCUT2D eigenvalue weighted by Crippen LogP contribution is 2.00. The molecule has 1 N–H and O–H groups in total. The second kappa shape index (κ2) is 9.32. The lowest BCUT2D eigenvalue weighted by Gasteiger charge is -2.02. The number of hydrogen-bond acceptors (Lipinski definition) is 5. The molecule has 106 valence electrons. The molecule has 1 rings (SSSR count). The molecule has 0 aliphatic heterocycles. The van der Waals surface area contributed by atoms with Crippen LogP contribution in [0.2, 0.25) is 0 Å². The maximum atomic E-state index is 11.3.